The maximum atomic E-state index is 11.0. The smallest absolute Gasteiger partial charge is 0.335 e. The summed E-state index contributed by atoms with van der Waals surface area (Å²) >= 11 is 0. The topological polar surface area (TPSA) is 72.9 Å². The van der Waals surface area contributed by atoms with Crippen molar-refractivity contribution in [2.45, 2.75) is 13.1 Å². The minimum absolute atomic E-state index is 0.272. The van der Waals surface area contributed by atoms with Crippen molar-refractivity contribution in [1.82, 2.24) is 19.3 Å². The van der Waals surface area contributed by atoms with E-state index in [-0.39, 0.29) is 5.56 Å². The van der Waals surface area contributed by atoms with E-state index in [1.54, 1.807) is 30.7 Å². The van der Waals surface area contributed by atoms with E-state index in [4.69, 9.17) is 5.11 Å². The van der Waals surface area contributed by atoms with E-state index in [1.165, 1.54) is 0 Å². The molecule has 1 aromatic carbocycles. The Hall–Kier alpha value is -2.63. The molecule has 0 aliphatic carbocycles. The highest BCUT2D eigenvalue weighted by atomic mass is 16.4. The molecule has 96 valence electrons. The average Bonchev–Trinajstić information content (AvgIpc) is 3.05. The fourth-order valence-electron chi connectivity index (χ4n) is 2.01. The van der Waals surface area contributed by atoms with Gasteiger partial charge in [-0.3, -0.25) is 4.68 Å². The summed E-state index contributed by atoms with van der Waals surface area (Å²) in [7, 11) is 0. The molecule has 0 spiro atoms. The number of fused-ring (bicyclic) bond motifs is 1. The standard InChI is InChI=1S/C13H12N4O2/c18-13(19)10-2-3-11-12(8-10)16(9-14-11)6-7-17-5-1-4-15-17/h1-5,8-9H,6-7H2,(H,18,19). The molecule has 2 aromatic heterocycles. The summed E-state index contributed by atoms with van der Waals surface area (Å²) in [5, 5.41) is 13.1. The summed E-state index contributed by atoms with van der Waals surface area (Å²) in [6, 6.07) is 6.81. The maximum Gasteiger partial charge on any atom is 0.335 e. The molecule has 0 fully saturated rings. The largest absolute Gasteiger partial charge is 0.478 e. The Bertz CT molecular complexity index is 715. The minimum atomic E-state index is -0.929. The first-order valence-electron chi connectivity index (χ1n) is 5.89. The van der Waals surface area contributed by atoms with Crippen LogP contribution in [0.4, 0.5) is 0 Å². The lowest BCUT2D eigenvalue weighted by atomic mass is 10.2. The Balaban J connectivity index is 1.90. The van der Waals surface area contributed by atoms with E-state index in [9.17, 15) is 4.79 Å². The number of carbonyl (C=O) groups is 1. The fourth-order valence-corrected chi connectivity index (χ4v) is 2.01. The Labute approximate surface area is 108 Å². The molecule has 0 amide bonds. The highest BCUT2D eigenvalue weighted by Gasteiger charge is 2.07. The fraction of sp³-hybridized carbons (Fsp3) is 0.154. The van der Waals surface area contributed by atoms with Gasteiger partial charge in [0.15, 0.2) is 0 Å². The van der Waals surface area contributed by atoms with E-state index in [0.29, 0.717) is 6.54 Å². The first kappa shape index (κ1) is 11.5. The lowest BCUT2D eigenvalue weighted by Gasteiger charge is -2.05. The first-order valence-corrected chi connectivity index (χ1v) is 5.89. The third kappa shape index (κ3) is 2.20. The molecule has 6 nitrogen and oxygen atoms in total. The maximum absolute atomic E-state index is 11.0. The second kappa shape index (κ2) is 4.56. The number of aryl methyl sites for hydroxylation is 2. The number of nitrogens with zero attached hydrogens (tertiary/aromatic N) is 4. The van der Waals surface area contributed by atoms with E-state index in [0.717, 1.165) is 17.6 Å². The van der Waals surface area contributed by atoms with Crippen LogP contribution in [0.2, 0.25) is 0 Å². The molecule has 0 bridgehead atoms. The average molecular weight is 256 g/mol. The van der Waals surface area contributed by atoms with Gasteiger partial charge in [0.25, 0.3) is 0 Å². The second-order valence-corrected chi connectivity index (χ2v) is 4.22. The number of hydrogen-bond acceptors (Lipinski definition) is 3. The van der Waals surface area contributed by atoms with Crippen LogP contribution in [-0.4, -0.2) is 30.4 Å². The van der Waals surface area contributed by atoms with Gasteiger partial charge in [-0.15, -0.1) is 0 Å². The number of benzene rings is 1. The van der Waals surface area contributed by atoms with Crippen LogP contribution in [0.3, 0.4) is 0 Å². The summed E-state index contributed by atoms with van der Waals surface area (Å²) < 4.78 is 3.76. The molecule has 0 saturated carbocycles. The van der Waals surface area contributed by atoms with Gasteiger partial charge < -0.3 is 9.67 Å². The van der Waals surface area contributed by atoms with Gasteiger partial charge in [-0.1, -0.05) is 0 Å². The van der Waals surface area contributed by atoms with Crippen LogP contribution in [-0.2, 0) is 13.1 Å². The van der Waals surface area contributed by atoms with Crippen LogP contribution in [0.25, 0.3) is 11.0 Å². The van der Waals surface area contributed by atoms with Crippen LogP contribution < -0.4 is 0 Å². The van der Waals surface area contributed by atoms with Crippen molar-refractivity contribution in [1.29, 1.82) is 0 Å². The van der Waals surface area contributed by atoms with Gasteiger partial charge in [0.2, 0.25) is 0 Å². The van der Waals surface area contributed by atoms with Crippen molar-refractivity contribution in [3.05, 3.63) is 48.5 Å². The Morgan fingerprint density at radius 2 is 2.21 bits per heavy atom. The van der Waals surface area contributed by atoms with E-state index in [2.05, 4.69) is 10.1 Å². The number of carboxylic acids is 1. The molecule has 0 saturated heterocycles. The monoisotopic (exact) mass is 256 g/mol. The zero-order valence-electron chi connectivity index (χ0n) is 10.1. The lowest BCUT2D eigenvalue weighted by molar-refractivity contribution is 0.0697. The molecule has 3 aromatic rings. The molecule has 3 rings (SSSR count). The predicted molar refractivity (Wildman–Crippen MR) is 68.9 cm³/mol. The Morgan fingerprint density at radius 3 is 2.95 bits per heavy atom. The molecule has 0 unspecified atom stereocenters. The van der Waals surface area contributed by atoms with Crippen molar-refractivity contribution >= 4 is 17.0 Å². The number of carboxylic acid groups (broad SMARTS) is 1. The summed E-state index contributed by atoms with van der Waals surface area (Å²) in [6.45, 7) is 1.41. The first-order chi connectivity index (χ1) is 9.24. The third-order valence-corrected chi connectivity index (χ3v) is 3.00. The van der Waals surface area contributed by atoms with Crippen LogP contribution in [0, 0.1) is 0 Å². The van der Waals surface area contributed by atoms with Crippen LogP contribution >= 0.6 is 0 Å². The summed E-state index contributed by atoms with van der Waals surface area (Å²) in [5.41, 5.74) is 1.89. The van der Waals surface area contributed by atoms with Crippen molar-refractivity contribution in [2.75, 3.05) is 0 Å². The predicted octanol–water partition coefficient (Wildman–Crippen LogP) is 1.63. The molecular weight excluding hydrogens is 244 g/mol. The number of rotatable bonds is 4. The number of aromatic nitrogens is 4. The molecular formula is C13H12N4O2. The Morgan fingerprint density at radius 1 is 1.32 bits per heavy atom. The van der Waals surface area contributed by atoms with E-state index in [1.807, 2.05) is 21.5 Å². The summed E-state index contributed by atoms with van der Waals surface area (Å²) in [6.07, 6.45) is 5.34. The van der Waals surface area contributed by atoms with Crippen LogP contribution in [0.1, 0.15) is 10.4 Å². The molecule has 0 aliphatic rings. The highest BCUT2D eigenvalue weighted by molar-refractivity contribution is 5.92. The Kier molecular flexibility index (Phi) is 2.75. The summed E-state index contributed by atoms with van der Waals surface area (Å²) in [5.74, 6) is -0.929. The van der Waals surface area contributed by atoms with Crippen molar-refractivity contribution in [2.24, 2.45) is 0 Å². The van der Waals surface area contributed by atoms with Gasteiger partial charge in [-0.05, 0) is 24.3 Å². The summed E-state index contributed by atoms with van der Waals surface area (Å²) in [4.78, 5) is 15.2. The SMILES string of the molecule is O=C(O)c1ccc2ncn(CCn3cccn3)c2c1. The van der Waals surface area contributed by atoms with E-state index >= 15 is 0 Å². The zero-order valence-corrected chi connectivity index (χ0v) is 10.1. The highest BCUT2D eigenvalue weighted by Crippen LogP contribution is 2.15. The molecule has 6 heteroatoms. The lowest BCUT2D eigenvalue weighted by Crippen LogP contribution is -2.07. The number of imidazole rings is 1. The van der Waals surface area contributed by atoms with E-state index < -0.39 is 5.97 Å². The van der Waals surface area contributed by atoms with Gasteiger partial charge in [0.1, 0.15) is 0 Å². The minimum Gasteiger partial charge on any atom is -0.478 e. The van der Waals surface area contributed by atoms with Gasteiger partial charge in [-0.2, -0.15) is 5.10 Å². The quantitative estimate of drug-likeness (QED) is 0.770. The molecule has 2 heterocycles. The van der Waals surface area contributed by atoms with Crippen molar-refractivity contribution in [3.8, 4) is 0 Å². The normalized spacial score (nSPS) is 10.9. The molecule has 19 heavy (non-hydrogen) atoms. The van der Waals surface area contributed by atoms with Gasteiger partial charge >= 0.3 is 5.97 Å². The van der Waals surface area contributed by atoms with Crippen LogP contribution in [0.15, 0.2) is 43.0 Å². The zero-order chi connectivity index (χ0) is 13.2. The second-order valence-electron chi connectivity index (χ2n) is 4.22. The molecule has 1 N–H and O–H groups in total. The van der Waals surface area contributed by atoms with Gasteiger partial charge in [0.05, 0.1) is 29.5 Å². The number of aromatic carboxylic acids is 1. The molecule has 0 aliphatic heterocycles. The van der Waals surface area contributed by atoms with Gasteiger partial charge in [0, 0.05) is 18.9 Å². The van der Waals surface area contributed by atoms with Gasteiger partial charge in [-0.25, -0.2) is 9.78 Å². The van der Waals surface area contributed by atoms with Crippen molar-refractivity contribution in [3.63, 3.8) is 0 Å². The number of hydrogen-bond donors (Lipinski definition) is 1. The molecule has 0 atom stereocenters. The third-order valence-electron chi connectivity index (χ3n) is 3.00. The van der Waals surface area contributed by atoms with Crippen molar-refractivity contribution < 1.29 is 9.90 Å². The van der Waals surface area contributed by atoms with Crippen LogP contribution in [0.5, 0.6) is 0 Å². The molecule has 0 radical (unpaired) electrons.